The number of amides is 1. The van der Waals surface area contributed by atoms with Crippen LogP contribution in [0.1, 0.15) is 30.9 Å². The molecule has 1 amide bonds. The van der Waals surface area contributed by atoms with Crippen LogP contribution in [0.3, 0.4) is 0 Å². The summed E-state index contributed by atoms with van der Waals surface area (Å²) in [7, 11) is 0. The van der Waals surface area contributed by atoms with Gasteiger partial charge < -0.3 is 20.3 Å². The van der Waals surface area contributed by atoms with E-state index in [9.17, 15) is 4.79 Å². The fourth-order valence-corrected chi connectivity index (χ4v) is 3.22. The van der Waals surface area contributed by atoms with Crippen molar-refractivity contribution in [2.45, 2.75) is 32.9 Å². The van der Waals surface area contributed by atoms with Gasteiger partial charge in [-0.2, -0.15) is 0 Å². The van der Waals surface area contributed by atoms with Gasteiger partial charge in [-0.25, -0.2) is 4.99 Å². The van der Waals surface area contributed by atoms with Gasteiger partial charge in [-0.05, 0) is 36.6 Å². The second-order valence-corrected chi connectivity index (χ2v) is 6.98. The molecule has 0 bridgehead atoms. The third kappa shape index (κ3) is 7.60. The highest BCUT2D eigenvalue weighted by Crippen LogP contribution is 2.21. The molecule has 0 atom stereocenters. The molecule has 0 aromatic heterocycles. The Morgan fingerprint density at radius 2 is 1.83 bits per heavy atom. The second-order valence-electron chi connectivity index (χ2n) is 6.98. The molecule has 0 radical (unpaired) electrons. The molecule has 2 N–H and O–H groups in total. The maximum absolute atomic E-state index is 11.9. The molecular weight excluding hydrogens is 491 g/mol. The number of hydrogen-bond acceptors (Lipinski definition) is 3. The quantitative estimate of drug-likeness (QED) is 0.228. The van der Waals surface area contributed by atoms with E-state index in [1.165, 1.54) is 5.56 Å². The van der Waals surface area contributed by atoms with Crippen LogP contribution in [0.25, 0.3) is 0 Å². The third-order valence-corrected chi connectivity index (χ3v) is 4.74. The monoisotopic (exact) mass is 522 g/mol. The molecule has 162 valence electrons. The first kappa shape index (κ1) is 24.1. The summed E-state index contributed by atoms with van der Waals surface area (Å²) in [5, 5.41) is 6.55. The van der Waals surface area contributed by atoms with Crippen molar-refractivity contribution in [2.75, 3.05) is 31.1 Å². The summed E-state index contributed by atoms with van der Waals surface area (Å²) in [4.78, 5) is 18.3. The van der Waals surface area contributed by atoms with Crippen molar-refractivity contribution < 1.29 is 9.53 Å². The van der Waals surface area contributed by atoms with Crippen LogP contribution in [0.5, 0.6) is 0 Å². The summed E-state index contributed by atoms with van der Waals surface area (Å²) < 4.78 is 5.70. The summed E-state index contributed by atoms with van der Waals surface area (Å²) in [6.07, 6.45) is 1.59. The lowest BCUT2D eigenvalue weighted by atomic mass is 10.2. The van der Waals surface area contributed by atoms with E-state index in [0.717, 1.165) is 36.7 Å². The first-order valence-corrected chi connectivity index (χ1v) is 10.3. The fraction of sp³-hybridized carbons (Fsp3) is 0.391. The standard InChI is InChI=1S/C23H30N4O2.HI/c1-2-24-23(25-14-16-29-18-20-7-4-3-5-8-20)26-17-19-10-12-21(13-11-19)27-15-6-9-22(27)28;/h3-5,7-8,10-13H,2,6,9,14-18H2,1H3,(H2,24,25,26);1H. The van der Waals surface area contributed by atoms with E-state index in [0.29, 0.717) is 32.7 Å². The zero-order valence-corrected chi connectivity index (χ0v) is 19.8. The Labute approximate surface area is 196 Å². The minimum atomic E-state index is 0. The number of aliphatic imine (C=N–C) groups is 1. The van der Waals surface area contributed by atoms with E-state index < -0.39 is 0 Å². The first-order chi connectivity index (χ1) is 14.3. The largest absolute Gasteiger partial charge is 0.375 e. The lowest BCUT2D eigenvalue weighted by molar-refractivity contribution is -0.117. The minimum Gasteiger partial charge on any atom is -0.375 e. The molecule has 7 heteroatoms. The number of rotatable bonds is 9. The maximum Gasteiger partial charge on any atom is 0.227 e. The van der Waals surface area contributed by atoms with E-state index in [4.69, 9.17) is 4.74 Å². The molecule has 1 fully saturated rings. The van der Waals surface area contributed by atoms with Gasteiger partial charge >= 0.3 is 0 Å². The number of benzene rings is 2. The highest BCUT2D eigenvalue weighted by atomic mass is 127. The van der Waals surface area contributed by atoms with Gasteiger partial charge in [0.05, 0.1) is 19.8 Å². The van der Waals surface area contributed by atoms with Gasteiger partial charge in [-0.3, -0.25) is 4.79 Å². The summed E-state index contributed by atoms with van der Waals surface area (Å²) in [5.41, 5.74) is 3.26. The highest BCUT2D eigenvalue weighted by Gasteiger charge is 2.21. The van der Waals surface area contributed by atoms with Crippen molar-refractivity contribution in [2.24, 2.45) is 4.99 Å². The van der Waals surface area contributed by atoms with E-state index in [2.05, 4.69) is 27.8 Å². The van der Waals surface area contributed by atoms with Crippen molar-refractivity contribution >= 4 is 41.5 Å². The Kier molecular flexibility index (Phi) is 10.6. The number of guanidine groups is 1. The molecule has 2 aromatic carbocycles. The smallest absolute Gasteiger partial charge is 0.227 e. The molecule has 3 rings (SSSR count). The topological polar surface area (TPSA) is 66.0 Å². The number of anilines is 1. The van der Waals surface area contributed by atoms with Gasteiger partial charge in [-0.15, -0.1) is 24.0 Å². The van der Waals surface area contributed by atoms with Crippen LogP contribution in [-0.2, 0) is 22.7 Å². The van der Waals surface area contributed by atoms with Crippen LogP contribution < -0.4 is 15.5 Å². The van der Waals surface area contributed by atoms with E-state index in [1.54, 1.807) is 0 Å². The number of halogens is 1. The number of carbonyl (C=O) groups is 1. The molecule has 2 aromatic rings. The SMILES string of the molecule is CCNC(=NCc1ccc(N2CCCC2=O)cc1)NCCOCc1ccccc1.I. The number of nitrogens with one attached hydrogen (secondary N) is 2. The van der Waals surface area contributed by atoms with Crippen molar-refractivity contribution in [3.05, 3.63) is 65.7 Å². The van der Waals surface area contributed by atoms with E-state index >= 15 is 0 Å². The molecule has 1 saturated heterocycles. The van der Waals surface area contributed by atoms with Gasteiger partial charge in [0.1, 0.15) is 0 Å². The molecule has 1 aliphatic heterocycles. The van der Waals surface area contributed by atoms with E-state index in [-0.39, 0.29) is 29.9 Å². The summed E-state index contributed by atoms with van der Waals surface area (Å²) in [6.45, 7) is 6.15. The zero-order valence-electron chi connectivity index (χ0n) is 17.5. The summed E-state index contributed by atoms with van der Waals surface area (Å²) >= 11 is 0. The Bertz CT molecular complexity index is 797. The first-order valence-electron chi connectivity index (χ1n) is 10.3. The number of hydrogen-bond donors (Lipinski definition) is 2. The number of ether oxygens (including phenoxy) is 1. The summed E-state index contributed by atoms with van der Waals surface area (Å²) in [5.74, 6) is 0.985. The third-order valence-electron chi connectivity index (χ3n) is 4.74. The molecule has 0 saturated carbocycles. The zero-order chi connectivity index (χ0) is 20.3. The van der Waals surface area contributed by atoms with Crippen LogP contribution >= 0.6 is 24.0 Å². The fourth-order valence-electron chi connectivity index (χ4n) is 3.22. The van der Waals surface area contributed by atoms with Gasteiger partial charge in [0.2, 0.25) is 5.91 Å². The van der Waals surface area contributed by atoms with Crippen LogP contribution in [0.2, 0.25) is 0 Å². The van der Waals surface area contributed by atoms with Gasteiger partial charge in [0, 0.05) is 31.7 Å². The molecule has 30 heavy (non-hydrogen) atoms. The van der Waals surface area contributed by atoms with Gasteiger partial charge in [0.25, 0.3) is 0 Å². The lowest BCUT2D eigenvalue weighted by Gasteiger charge is -2.16. The molecule has 1 heterocycles. The van der Waals surface area contributed by atoms with Crippen molar-refractivity contribution in [1.82, 2.24) is 10.6 Å². The lowest BCUT2D eigenvalue weighted by Crippen LogP contribution is -2.38. The average Bonchev–Trinajstić information content (AvgIpc) is 3.18. The Balaban J connectivity index is 0.00000320. The molecule has 1 aliphatic rings. The minimum absolute atomic E-state index is 0. The Morgan fingerprint density at radius 3 is 2.50 bits per heavy atom. The predicted molar refractivity (Wildman–Crippen MR) is 132 cm³/mol. The molecule has 6 nitrogen and oxygen atoms in total. The Hall–Kier alpha value is -2.13. The van der Waals surface area contributed by atoms with Crippen LogP contribution in [0, 0.1) is 0 Å². The molecule has 0 spiro atoms. The summed E-state index contributed by atoms with van der Waals surface area (Å²) in [6, 6.07) is 18.2. The molecule has 0 aliphatic carbocycles. The van der Waals surface area contributed by atoms with Crippen molar-refractivity contribution in [3.63, 3.8) is 0 Å². The Morgan fingerprint density at radius 1 is 1.07 bits per heavy atom. The van der Waals surface area contributed by atoms with Crippen LogP contribution in [0.15, 0.2) is 59.6 Å². The number of carbonyl (C=O) groups excluding carboxylic acids is 1. The van der Waals surface area contributed by atoms with Gasteiger partial charge in [0.15, 0.2) is 5.96 Å². The predicted octanol–water partition coefficient (Wildman–Crippen LogP) is 3.70. The van der Waals surface area contributed by atoms with Crippen LogP contribution in [0.4, 0.5) is 5.69 Å². The highest BCUT2D eigenvalue weighted by molar-refractivity contribution is 14.0. The average molecular weight is 522 g/mol. The van der Waals surface area contributed by atoms with Crippen molar-refractivity contribution in [3.8, 4) is 0 Å². The normalized spacial score (nSPS) is 13.8. The van der Waals surface area contributed by atoms with Gasteiger partial charge in [-0.1, -0.05) is 42.5 Å². The molecular formula is C23H31IN4O2. The van der Waals surface area contributed by atoms with Crippen molar-refractivity contribution in [1.29, 1.82) is 0 Å². The second kappa shape index (κ2) is 13.2. The van der Waals surface area contributed by atoms with E-state index in [1.807, 2.05) is 54.3 Å². The van der Waals surface area contributed by atoms with Crippen LogP contribution in [-0.4, -0.2) is 38.1 Å². The number of nitrogens with zero attached hydrogens (tertiary/aromatic N) is 2. The molecule has 0 unspecified atom stereocenters. The maximum atomic E-state index is 11.9.